The van der Waals surface area contributed by atoms with E-state index in [-0.39, 0.29) is 17.8 Å². The summed E-state index contributed by atoms with van der Waals surface area (Å²) >= 11 is 0. The van der Waals surface area contributed by atoms with Crippen LogP contribution in [0.25, 0.3) is 0 Å². The number of benzene rings is 1. The fourth-order valence-electron chi connectivity index (χ4n) is 1.41. The highest BCUT2D eigenvalue weighted by Crippen LogP contribution is 2.18. The smallest absolute Gasteiger partial charge is 0.256 e. The first-order valence-corrected chi connectivity index (χ1v) is 5.01. The summed E-state index contributed by atoms with van der Waals surface area (Å²) in [4.78, 5) is 12.9. The van der Waals surface area contributed by atoms with Crippen LogP contribution in [0.5, 0.6) is 0 Å². The summed E-state index contributed by atoms with van der Waals surface area (Å²) in [5.74, 6) is -2.54. The summed E-state index contributed by atoms with van der Waals surface area (Å²) in [5, 5.41) is 9.11. The van der Waals surface area contributed by atoms with Crippen molar-refractivity contribution in [2.75, 3.05) is 19.3 Å². The standard InChI is InChI=1S/C11H14F2N2O2/c1-6(16)5-15(2)11(17)7-3-10(14)9(13)4-8(7)12/h3-4,6,16H,5,14H2,1-2H3. The molecule has 0 aliphatic heterocycles. The third-order valence-electron chi connectivity index (χ3n) is 2.20. The average molecular weight is 244 g/mol. The van der Waals surface area contributed by atoms with Gasteiger partial charge >= 0.3 is 0 Å². The number of likely N-dealkylation sites (N-methyl/N-ethyl adjacent to an activating group) is 1. The number of nitrogens with two attached hydrogens (primary N) is 1. The largest absolute Gasteiger partial charge is 0.396 e. The SMILES string of the molecule is CC(O)CN(C)C(=O)c1cc(N)c(F)cc1F. The fraction of sp³-hybridized carbons (Fsp3) is 0.364. The average Bonchev–Trinajstić information content (AvgIpc) is 2.21. The fourth-order valence-corrected chi connectivity index (χ4v) is 1.41. The maximum absolute atomic E-state index is 13.4. The van der Waals surface area contributed by atoms with Gasteiger partial charge in [0.1, 0.15) is 11.6 Å². The molecule has 0 saturated carbocycles. The summed E-state index contributed by atoms with van der Waals surface area (Å²) in [6.45, 7) is 1.55. The highest BCUT2D eigenvalue weighted by Gasteiger charge is 2.19. The zero-order valence-electron chi connectivity index (χ0n) is 9.58. The van der Waals surface area contributed by atoms with Gasteiger partial charge in [0.05, 0.1) is 17.4 Å². The molecule has 1 aromatic rings. The van der Waals surface area contributed by atoms with Gasteiger partial charge in [-0.3, -0.25) is 4.79 Å². The van der Waals surface area contributed by atoms with Crippen molar-refractivity contribution in [2.24, 2.45) is 0 Å². The molecule has 0 heterocycles. The normalized spacial score (nSPS) is 12.3. The highest BCUT2D eigenvalue weighted by atomic mass is 19.1. The van der Waals surface area contributed by atoms with Crippen LogP contribution in [0.2, 0.25) is 0 Å². The van der Waals surface area contributed by atoms with Crippen molar-refractivity contribution in [3.05, 3.63) is 29.3 Å². The van der Waals surface area contributed by atoms with E-state index in [2.05, 4.69) is 0 Å². The van der Waals surface area contributed by atoms with E-state index in [0.29, 0.717) is 6.07 Å². The van der Waals surface area contributed by atoms with Crippen molar-refractivity contribution in [3.63, 3.8) is 0 Å². The van der Waals surface area contributed by atoms with Crippen LogP contribution in [-0.2, 0) is 0 Å². The lowest BCUT2D eigenvalue weighted by molar-refractivity contribution is 0.0699. The number of carbonyl (C=O) groups is 1. The van der Waals surface area contributed by atoms with Gasteiger partial charge in [-0.25, -0.2) is 8.78 Å². The Labute approximate surface area is 97.6 Å². The van der Waals surface area contributed by atoms with Gasteiger partial charge < -0.3 is 15.7 Å². The number of nitrogens with zero attached hydrogens (tertiary/aromatic N) is 1. The Kier molecular flexibility index (Phi) is 4.01. The van der Waals surface area contributed by atoms with Crippen molar-refractivity contribution in [2.45, 2.75) is 13.0 Å². The van der Waals surface area contributed by atoms with Gasteiger partial charge in [-0.05, 0) is 13.0 Å². The van der Waals surface area contributed by atoms with Crippen LogP contribution in [-0.4, -0.2) is 35.6 Å². The Morgan fingerprint density at radius 3 is 2.59 bits per heavy atom. The molecule has 0 radical (unpaired) electrons. The first-order valence-electron chi connectivity index (χ1n) is 5.01. The summed E-state index contributed by atoms with van der Waals surface area (Å²) in [5.41, 5.74) is 4.66. The lowest BCUT2D eigenvalue weighted by Gasteiger charge is -2.19. The molecule has 0 bridgehead atoms. The van der Waals surface area contributed by atoms with Crippen molar-refractivity contribution in [1.29, 1.82) is 0 Å². The molecule has 17 heavy (non-hydrogen) atoms. The van der Waals surface area contributed by atoms with E-state index in [9.17, 15) is 13.6 Å². The Bertz CT molecular complexity index is 436. The van der Waals surface area contributed by atoms with E-state index in [1.54, 1.807) is 0 Å². The molecule has 4 nitrogen and oxygen atoms in total. The van der Waals surface area contributed by atoms with Crippen LogP contribution >= 0.6 is 0 Å². The van der Waals surface area contributed by atoms with Crippen LogP contribution in [0.4, 0.5) is 14.5 Å². The molecule has 0 aliphatic carbocycles. The number of aliphatic hydroxyl groups is 1. The number of anilines is 1. The lowest BCUT2D eigenvalue weighted by Crippen LogP contribution is -2.33. The Hall–Kier alpha value is -1.69. The zero-order valence-corrected chi connectivity index (χ0v) is 9.58. The molecule has 1 aromatic carbocycles. The number of hydrogen-bond acceptors (Lipinski definition) is 3. The molecular formula is C11H14F2N2O2. The van der Waals surface area contributed by atoms with Gasteiger partial charge in [-0.1, -0.05) is 0 Å². The van der Waals surface area contributed by atoms with Crippen LogP contribution in [0.15, 0.2) is 12.1 Å². The minimum absolute atomic E-state index is 0.0511. The predicted molar refractivity (Wildman–Crippen MR) is 59.4 cm³/mol. The number of hydrogen-bond donors (Lipinski definition) is 2. The molecule has 1 amide bonds. The second kappa shape index (κ2) is 5.09. The molecule has 0 aromatic heterocycles. The van der Waals surface area contributed by atoms with Gasteiger partial charge in [-0.15, -0.1) is 0 Å². The molecule has 1 unspecified atom stereocenters. The lowest BCUT2D eigenvalue weighted by atomic mass is 10.1. The maximum Gasteiger partial charge on any atom is 0.256 e. The minimum Gasteiger partial charge on any atom is -0.396 e. The van der Waals surface area contributed by atoms with Crippen LogP contribution in [0.1, 0.15) is 17.3 Å². The molecule has 0 spiro atoms. The Morgan fingerprint density at radius 1 is 1.47 bits per heavy atom. The number of amides is 1. The van der Waals surface area contributed by atoms with Gasteiger partial charge in [-0.2, -0.15) is 0 Å². The summed E-state index contributed by atoms with van der Waals surface area (Å²) < 4.78 is 26.3. The summed E-state index contributed by atoms with van der Waals surface area (Å²) in [6, 6.07) is 1.52. The maximum atomic E-state index is 13.4. The van der Waals surface area contributed by atoms with E-state index in [4.69, 9.17) is 10.8 Å². The van der Waals surface area contributed by atoms with Gasteiger partial charge in [0, 0.05) is 19.7 Å². The molecule has 0 saturated heterocycles. The van der Waals surface area contributed by atoms with Gasteiger partial charge in [0.15, 0.2) is 0 Å². The molecular weight excluding hydrogens is 230 g/mol. The Morgan fingerprint density at radius 2 is 2.06 bits per heavy atom. The van der Waals surface area contributed by atoms with Crippen LogP contribution < -0.4 is 5.73 Å². The van der Waals surface area contributed by atoms with Crippen molar-refractivity contribution >= 4 is 11.6 Å². The number of carbonyl (C=O) groups excluding carboxylic acids is 1. The van der Waals surface area contributed by atoms with E-state index in [1.807, 2.05) is 0 Å². The topological polar surface area (TPSA) is 66.6 Å². The molecule has 1 atom stereocenters. The highest BCUT2D eigenvalue weighted by molar-refractivity contribution is 5.95. The van der Waals surface area contributed by atoms with Crippen molar-refractivity contribution in [3.8, 4) is 0 Å². The van der Waals surface area contributed by atoms with E-state index >= 15 is 0 Å². The first kappa shape index (κ1) is 13.4. The minimum atomic E-state index is -0.973. The quantitative estimate of drug-likeness (QED) is 0.779. The third-order valence-corrected chi connectivity index (χ3v) is 2.20. The van der Waals surface area contributed by atoms with Crippen molar-refractivity contribution in [1.82, 2.24) is 4.90 Å². The molecule has 0 aliphatic rings. The zero-order chi connectivity index (χ0) is 13.2. The first-order chi connectivity index (χ1) is 7.82. The van der Waals surface area contributed by atoms with Gasteiger partial charge in [0.2, 0.25) is 0 Å². The Balaban J connectivity index is 3.00. The molecule has 6 heteroatoms. The van der Waals surface area contributed by atoms with Crippen LogP contribution in [0, 0.1) is 11.6 Å². The van der Waals surface area contributed by atoms with E-state index in [1.165, 1.54) is 14.0 Å². The molecule has 3 N–H and O–H groups in total. The predicted octanol–water partition coefficient (Wildman–Crippen LogP) is 1.000. The molecule has 0 fully saturated rings. The number of halogens is 2. The second-order valence-corrected chi connectivity index (χ2v) is 3.89. The second-order valence-electron chi connectivity index (χ2n) is 3.89. The van der Waals surface area contributed by atoms with Crippen LogP contribution in [0.3, 0.4) is 0 Å². The number of aliphatic hydroxyl groups excluding tert-OH is 1. The summed E-state index contributed by atoms with van der Waals surface area (Å²) in [6.07, 6.45) is -0.732. The number of rotatable bonds is 3. The van der Waals surface area contributed by atoms with Gasteiger partial charge in [0.25, 0.3) is 5.91 Å². The van der Waals surface area contributed by atoms with E-state index < -0.39 is 23.6 Å². The van der Waals surface area contributed by atoms with E-state index in [0.717, 1.165) is 11.0 Å². The molecule has 1 rings (SSSR count). The van der Waals surface area contributed by atoms with Crippen molar-refractivity contribution < 1.29 is 18.7 Å². The number of nitrogen functional groups attached to an aromatic ring is 1. The monoisotopic (exact) mass is 244 g/mol. The third kappa shape index (κ3) is 3.13. The molecule has 94 valence electrons. The summed E-state index contributed by atoms with van der Waals surface area (Å²) in [7, 11) is 1.41.